The Morgan fingerprint density at radius 2 is 2.11 bits per heavy atom. The monoisotopic (exact) mass is 273 g/mol. The van der Waals surface area contributed by atoms with E-state index in [-0.39, 0.29) is 0 Å². The molecular formula is C12H23N3O2S. The van der Waals surface area contributed by atoms with E-state index in [9.17, 15) is 0 Å². The first-order valence-electron chi connectivity index (χ1n) is 6.11. The van der Waals surface area contributed by atoms with E-state index in [1.165, 1.54) is 4.88 Å². The predicted octanol–water partition coefficient (Wildman–Crippen LogP) is 1.48. The topological polar surface area (TPSA) is 46.6 Å². The highest BCUT2D eigenvalue weighted by Crippen LogP contribution is 2.26. The first kappa shape index (κ1) is 15.4. The number of rotatable bonds is 9. The Bertz CT molecular complexity index is 344. The molecule has 0 aliphatic rings. The van der Waals surface area contributed by atoms with Crippen LogP contribution >= 0.6 is 11.3 Å². The maximum Gasteiger partial charge on any atom is 0.185 e. The van der Waals surface area contributed by atoms with Crippen molar-refractivity contribution in [2.75, 3.05) is 45.9 Å². The Labute approximate surface area is 113 Å². The molecule has 1 N–H and O–H groups in total. The first-order valence-corrected chi connectivity index (χ1v) is 6.92. The summed E-state index contributed by atoms with van der Waals surface area (Å²) >= 11 is 1.72. The van der Waals surface area contributed by atoms with Crippen molar-refractivity contribution < 1.29 is 9.47 Å². The molecule has 0 spiro atoms. The van der Waals surface area contributed by atoms with Gasteiger partial charge in [-0.1, -0.05) is 0 Å². The van der Waals surface area contributed by atoms with Crippen LogP contribution in [0.15, 0.2) is 0 Å². The number of nitrogens with zero attached hydrogens (tertiary/aromatic N) is 2. The standard InChI is InChI=1S/C12H23N3O2S/c1-5-15(2)12-14-10(9-17-4)11(18-12)8-13-6-7-16-3/h13H,5-9H2,1-4H3. The molecule has 0 fully saturated rings. The van der Waals surface area contributed by atoms with Gasteiger partial charge in [0.25, 0.3) is 0 Å². The van der Waals surface area contributed by atoms with Gasteiger partial charge in [-0.3, -0.25) is 0 Å². The van der Waals surface area contributed by atoms with E-state index in [4.69, 9.17) is 9.47 Å². The summed E-state index contributed by atoms with van der Waals surface area (Å²) < 4.78 is 10.2. The fourth-order valence-electron chi connectivity index (χ4n) is 1.43. The summed E-state index contributed by atoms with van der Waals surface area (Å²) in [5.41, 5.74) is 1.03. The molecule has 1 aromatic rings. The molecule has 1 aromatic heterocycles. The van der Waals surface area contributed by atoms with E-state index in [2.05, 4.69) is 29.2 Å². The Balaban J connectivity index is 2.64. The second kappa shape index (κ2) is 8.42. The van der Waals surface area contributed by atoms with Crippen LogP contribution in [0.25, 0.3) is 0 Å². The minimum absolute atomic E-state index is 0.565. The average Bonchev–Trinajstić information content (AvgIpc) is 2.77. The molecule has 1 heterocycles. The lowest BCUT2D eigenvalue weighted by Gasteiger charge is -2.11. The van der Waals surface area contributed by atoms with E-state index in [1.54, 1.807) is 25.6 Å². The highest BCUT2D eigenvalue weighted by molar-refractivity contribution is 7.15. The number of ether oxygens (including phenoxy) is 2. The van der Waals surface area contributed by atoms with Crippen LogP contribution in [-0.4, -0.2) is 45.9 Å². The number of aromatic nitrogens is 1. The number of hydrogen-bond donors (Lipinski definition) is 1. The molecule has 5 nitrogen and oxygen atoms in total. The van der Waals surface area contributed by atoms with Crippen molar-refractivity contribution >= 4 is 16.5 Å². The Morgan fingerprint density at radius 1 is 1.33 bits per heavy atom. The summed E-state index contributed by atoms with van der Waals surface area (Å²) in [6.07, 6.45) is 0. The van der Waals surface area contributed by atoms with Crippen molar-refractivity contribution in [2.45, 2.75) is 20.1 Å². The van der Waals surface area contributed by atoms with Crippen LogP contribution in [0.5, 0.6) is 0 Å². The van der Waals surface area contributed by atoms with Crippen molar-refractivity contribution in [2.24, 2.45) is 0 Å². The summed E-state index contributed by atoms with van der Waals surface area (Å²) in [6.45, 7) is 6.02. The second-order valence-corrected chi connectivity index (χ2v) is 5.05. The van der Waals surface area contributed by atoms with Gasteiger partial charge in [0.15, 0.2) is 5.13 Å². The van der Waals surface area contributed by atoms with Crippen LogP contribution < -0.4 is 10.2 Å². The lowest BCUT2D eigenvalue weighted by atomic mass is 10.3. The molecule has 104 valence electrons. The maximum atomic E-state index is 5.20. The third-order valence-corrected chi connectivity index (χ3v) is 3.83. The summed E-state index contributed by atoms with van der Waals surface area (Å²) in [4.78, 5) is 8.00. The van der Waals surface area contributed by atoms with Gasteiger partial charge >= 0.3 is 0 Å². The van der Waals surface area contributed by atoms with E-state index in [1.807, 2.05) is 0 Å². The highest BCUT2D eigenvalue weighted by atomic mass is 32.1. The summed E-state index contributed by atoms with van der Waals surface area (Å²) in [5.74, 6) is 0. The SMILES string of the molecule is CCN(C)c1nc(COC)c(CNCCOC)s1. The number of methoxy groups -OCH3 is 2. The largest absolute Gasteiger partial charge is 0.383 e. The Hall–Kier alpha value is -0.690. The van der Waals surface area contributed by atoms with Gasteiger partial charge in [0.1, 0.15) is 0 Å². The third kappa shape index (κ3) is 4.53. The number of hydrogen-bond acceptors (Lipinski definition) is 6. The van der Waals surface area contributed by atoms with Gasteiger partial charge in [-0.2, -0.15) is 0 Å². The molecule has 0 bridgehead atoms. The first-order chi connectivity index (χ1) is 8.72. The Kier molecular flexibility index (Phi) is 7.19. The molecule has 0 aliphatic heterocycles. The van der Waals surface area contributed by atoms with E-state index in [0.29, 0.717) is 6.61 Å². The van der Waals surface area contributed by atoms with Crippen molar-refractivity contribution in [1.29, 1.82) is 0 Å². The molecule has 0 unspecified atom stereocenters. The van der Waals surface area contributed by atoms with Crippen LogP contribution in [-0.2, 0) is 22.6 Å². The molecule has 0 saturated carbocycles. The van der Waals surface area contributed by atoms with Crippen molar-refractivity contribution in [3.8, 4) is 0 Å². The summed E-state index contributed by atoms with van der Waals surface area (Å²) in [7, 11) is 5.46. The lowest BCUT2D eigenvalue weighted by Crippen LogP contribution is -2.18. The Morgan fingerprint density at radius 3 is 2.72 bits per heavy atom. The normalized spacial score (nSPS) is 10.9. The second-order valence-electron chi connectivity index (χ2n) is 3.98. The van der Waals surface area contributed by atoms with Crippen molar-refractivity contribution in [3.63, 3.8) is 0 Å². The van der Waals surface area contributed by atoms with Gasteiger partial charge in [-0.15, -0.1) is 11.3 Å². The molecule has 0 aliphatic carbocycles. The maximum absolute atomic E-state index is 5.20. The lowest BCUT2D eigenvalue weighted by molar-refractivity contribution is 0.181. The van der Waals surface area contributed by atoms with Crippen LogP contribution in [0.4, 0.5) is 5.13 Å². The van der Waals surface area contributed by atoms with Crippen molar-refractivity contribution in [3.05, 3.63) is 10.6 Å². The van der Waals surface area contributed by atoms with Gasteiger partial charge < -0.3 is 19.7 Å². The molecule has 6 heteroatoms. The van der Waals surface area contributed by atoms with Gasteiger partial charge in [0.2, 0.25) is 0 Å². The van der Waals surface area contributed by atoms with Crippen LogP contribution in [0, 0.1) is 0 Å². The zero-order chi connectivity index (χ0) is 13.4. The molecule has 0 amide bonds. The molecule has 0 atom stereocenters. The fraction of sp³-hybridized carbons (Fsp3) is 0.750. The summed E-state index contributed by atoms with van der Waals surface area (Å²) in [5, 5.41) is 4.39. The van der Waals surface area contributed by atoms with Crippen LogP contribution in [0.2, 0.25) is 0 Å². The molecule has 0 radical (unpaired) electrons. The quantitative estimate of drug-likeness (QED) is 0.691. The number of thiazole rings is 1. The van der Waals surface area contributed by atoms with E-state index in [0.717, 1.165) is 37.1 Å². The summed E-state index contributed by atoms with van der Waals surface area (Å²) in [6, 6.07) is 0. The molecule has 0 saturated heterocycles. The van der Waals surface area contributed by atoms with Gasteiger partial charge in [-0.05, 0) is 6.92 Å². The molecule has 18 heavy (non-hydrogen) atoms. The van der Waals surface area contributed by atoms with Gasteiger partial charge in [-0.25, -0.2) is 4.98 Å². The minimum atomic E-state index is 0.565. The smallest absolute Gasteiger partial charge is 0.185 e. The zero-order valence-electron chi connectivity index (χ0n) is 11.7. The highest BCUT2D eigenvalue weighted by Gasteiger charge is 2.12. The van der Waals surface area contributed by atoms with Crippen molar-refractivity contribution in [1.82, 2.24) is 10.3 Å². The predicted molar refractivity (Wildman–Crippen MR) is 75.4 cm³/mol. The van der Waals surface area contributed by atoms with Gasteiger partial charge in [0.05, 0.1) is 18.9 Å². The van der Waals surface area contributed by atoms with Gasteiger partial charge in [0, 0.05) is 45.8 Å². The van der Waals surface area contributed by atoms with Crippen LogP contribution in [0.3, 0.4) is 0 Å². The zero-order valence-corrected chi connectivity index (χ0v) is 12.5. The minimum Gasteiger partial charge on any atom is -0.383 e. The molecule has 1 rings (SSSR count). The van der Waals surface area contributed by atoms with E-state index < -0.39 is 0 Å². The number of anilines is 1. The molecular weight excluding hydrogens is 250 g/mol. The average molecular weight is 273 g/mol. The number of nitrogens with one attached hydrogen (secondary N) is 1. The van der Waals surface area contributed by atoms with Crippen LogP contribution in [0.1, 0.15) is 17.5 Å². The fourth-order valence-corrected chi connectivity index (χ4v) is 2.49. The van der Waals surface area contributed by atoms with E-state index >= 15 is 0 Å². The molecule has 0 aromatic carbocycles. The third-order valence-electron chi connectivity index (χ3n) is 2.62.